The fraction of sp³-hybridized carbons (Fsp3) is 0.154. The molecule has 4 rings (SSSR count). The van der Waals surface area contributed by atoms with Crippen molar-refractivity contribution < 1.29 is 14.3 Å². The average molecular weight is 538 g/mol. The van der Waals surface area contributed by atoms with Crippen LogP contribution in [0.3, 0.4) is 0 Å². The summed E-state index contributed by atoms with van der Waals surface area (Å²) in [7, 11) is 0. The lowest BCUT2D eigenvalue weighted by atomic mass is 10.1. The van der Waals surface area contributed by atoms with Gasteiger partial charge in [0.15, 0.2) is 0 Å². The van der Waals surface area contributed by atoms with Gasteiger partial charge in [0.25, 0.3) is 5.91 Å². The molecule has 162 valence electrons. The molecule has 32 heavy (non-hydrogen) atoms. The van der Waals surface area contributed by atoms with E-state index in [1.807, 2.05) is 49.4 Å². The first kappa shape index (κ1) is 22.1. The number of rotatable bonds is 6. The van der Waals surface area contributed by atoms with E-state index in [-0.39, 0.29) is 18.1 Å². The SMILES string of the molecule is Cc1ccc(COc2ccc(/C=C3/NC(=O)N(Cc4cccc(C)c4)C3=O)cc2I)cc1. The monoisotopic (exact) mass is 538 g/mol. The molecular formula is C26H23IN2O3. The molecule has 3 aromatic rings. The molecule has 0 aliphatic carbocycles. The number of ether oxygens (including phenoxy) is 1. The molecule has 1 aliphatic heterocycles. The van der Waals surface area contributed by atoms with Crippen molar-refractivity contribution in [3.05, 3.63) is 104 Å². The van der Waals surface area contributed by atoms with E-state index in [2.05, 4.69) is 59.1 Å². The number of imide groups is 1. The Balaban J connectivity index is 1.45. The third kappa shape index (κ3) is 5.19. The third-order valence-electron chi connectivity index (χ3n) is 5.17. The molecular weight excluding hydrogens is 515 g/mol. The summed E-state index contributed by atoms with van der Waals surface area (Å²) in [6.45, 7) is 4.77. The number of benzene rings is 3. The molecule has 6 heteroatoms. The molecule has 0 radical (unpaired) electrons. The van der Waals surface area contributed by atoms with Crippen LogP contribution in [0.25, 0.3) is 6.08 Å². The van der Waals surface area contributed by atoms with E-state index in [9.17, 15) is 9.59 Å². The molecule has 3 amide bonds. The predicted molar refractivity (Wildman–Crippen MR) is 133 cm³/mol. The number of nitrogens with zero attached hydrogens (tertiary/aromatic N) is 1. The maximum absolute atomic E-state index is 12.8. The van der Waals surface area contributed by atoms with Crippen LogP contribution in [0.5, 0.6) is 5.75 Å². The van der Waals surface area contributed by atoms with Crippen molar-refractivity contribution in [2.75, 3.05) is 0 Å². The Morgan fingerprint density at radius 1 is 0.938 bits per heavy atom. The summed E-state index contributed by atoms with van der Waals surface area (Å²) in [6, 6.07) is 21.3. The second kappa shape index (κ2) is 9.56. The Morgan fingerprint density at radius 3 is 2.44 bits per heavy atom. The van der Waals surface area contributed by atoms with Crippen molar-refractivity contribution in [1.29, 1.82) is 0 Å². The van der Waals surface area contributed by atoms with E-state index in [0.29, 0.717) is 6.61 Å². The van der Waals surface area contributed by atoms with Crippen molar-refractivity contribution >= 4 is 40.6 Å². The fourth-order valence-electron chi connectivity index (χ4n) is 3.44. The fourth-order valence-corrected chi connectivity index (χ4v) is 4.14. The molecule has 5 nitrogen and oxygen atoms in total. The zero-order valence-electron chi connectivity index (χ0n) is 17.9. The number of aryl methyl sites for hydroxylation is 2. The van der Waals surface area contributed by atoms with Gasteiger partial charge < -0.3 is 10.1 Å². The van der Waals surface area contributed by atoms with Crippen LogP contribution in [-0.4, -0.2) is 16.8 Å². The number of halogens is 1. The molecule has 0 unspecified atom stereocenters. The summed E-state index contributed by atoms with van der Waals surface area (Å²) < 4.78 is 6.87. The lowest BCUT2D eigenvalue weighted by Crippen LogP contribution is -2.30. The Kier molecular flexibility index (Phi) is 6.60. The highest BCUT2D eigenvalue weighted by atomic mass is 127. The maximum atomic E-state index is 12.8. The van der Waals surface area contributed by atoms with Crippen molar-refractivity contribution in [3.63, 3.8) is 0 Å². The van der Waals surface area contributed by atoms with Gasteiger partial charge in [-0.2, -0.15) is 0 Å². The zero-order valence-corrected chi connectivity index (χ0v) is 20.0. The van der Waals surface area contributed by atoms with Crippen LogP contribution in [0.2, 0.25) is 0 Å². The van der Waals surface area contributed by atoms with Gasteiger partial charge in [0, 0.05) is 0 Å². The van der Waals surface area contributed by atoms with Crippen LogP contribution >= 0.6 is 22.6 Å². The van der Waals surface area contributed by atoms with Crippen LogP contribution in [0, 0.1) is 17.4 Å². The third-order valence-corrected chi connectivity index (χ3v) is 6.01. The number of carbonyl (C=O) groups excluding carboxylic acids is 2. The smallest absolute Gasteiger partial charge is 0.329 e. The van der Waals surface area contributed by atoms with Crippen LogP contribution < -0.4 is 10.1 Å². The Labute approximate surface area is 201 Å². The highest BCUT2D eigenvalue weighted by molar-refractivity contribution is 14.1. The predicted octanol–water partition coefficient (Wildman–Crippen LogP) is 5.58. The molecule has 0 saturated carbocycles. The van der Waals surface area contributed by atoms with Gasteiger partial charge in [0.2, 0.25) is 0 Å². The van der Waals surface area contributed by atoms with Gasteiger partial charge in [0.1, 0.15) is 18.1 Å². The highest BCUT2D eigenvalue weighted by Gasteiger charge is 2.33. The second-order valence-corrected chi connectivity index (χ2v) is 8.99. The maximum Gasteiger partial charge on any atom is 0.329 e. The van der Waals surface area contributed by atoms with Gasteiger partial charge in [-0.1, -0.05) is 65.7 Å². The first-order chi connectivity index (χ1) is 15.4. The minimum absolute atomic E-state index is 0.243. The van der Waals surface area contributed by atoms with Crippen molar-refractivity contribution in [2.45, 2.75) is 27.0 Å². The van der Waals surface area contributed by atoms with E-state index in [0.717, 1.165) is 31.6 Å². The van der Waals surface area contributed by atoms with E-state index < -0.39 is 6.03 Å². The van der Waals surface area contributed by atoms with E-state index in [4.69, 9.17) is 4.74 Å². The molecule has 1 aliphatic rings. The molecule has 0 atom stereocenters. The second-order valence-electron chi connectivity index (χ2n) is 7.83. The van der Waals surface area contributed by atoms with Crippen LogP contribution in [0.1, 0.15) is 27.8 Å². The van der Waals surface area contributed by atoms with Gasteiger partial charge in [-0.3, -0.25) is 9.69 Å². The van der Waals surface area contributed by atoms with E-state index in [1.165, 1.54) is 10.5 Å². The lowest BCUT2D eigenvalue weighted by Gasteiger charge is -2.12. The first-order valence-electron chi connectivity index (χ1n) is 10.3. The van der Waals surface area contributed by atoms with Gasteiger partial charge in [-0.15, -0.1) is 0 Å². The zero-order chi connectivity index (χ0) is 22.7. The number of amides is 3. The Bertz CT molecular complexity index is 1200. The number of carbonyl (C=O) groups is 2. The molecule has 0 aromatic heterocycles. The minimum atomic E-state index is -0.407. The summed E-state index contributed by atoms with van der Waals surface area (Å²) in [6.07, 6.45) is 1.70. The molecule has 1 saturated heterocycles. The Morgan fingerprint density at radius 2 is 1.72 bits per heavy atom. The van der Waals surface area contributed by atoms with E-state index >= 15 is 0 Å². The van der Waals surface area contributed by atoms with Crippen molar-refractivity contribution in [1.82, 2.24) is 10.2 Å². The van der Waals surface area contributed by atoms with Crippen LogP contribution in [0.15, 0.2) is 72.4 Å². The van der Waals surface area contributed by atoms with Gasteiger partial charge in [0.05, 0.1) is 10.1 Å². The number of urea groups is 1. The summed E-state index contributed by atoms with van der Waals surface area (Å²) >= 11 is 2.22. The standard InChI is InChI=1S/C26H23IN2O3/c1-17-6-8-19(9-7-17)16-32-24-11-10-20(13-22(24)27)14-23-25(30)29(26(31)28-23)15-21-5-3-4-18(2)12-21/h3-14H,15-16H2,1-2H3,(H,28,31)/b23-14+. The number of hydrogen-bond acceptors (Lipinski definition) is 3. The summed E-state index contributed by atoms with van der Waals surface area (Å²) in [5.41, 5.74) is 5.41. The van der Waals surface area contributed by atoms with Crippen LogP contribution in [0.4, 0.5) is 4.79 Å². The lowest BCUT2D eigenvalue weighted by molar-refractivity contribution is -0.123. The first-order valence-corrected chi connectivity index (χ1v) is 11.3. The number of nitrogens with one attached hydrogen (secondary N) is 1. The molecule has 1 N–H and O–H groups in total. The van der Waals surface area contributed by atoms with Gasteiger partial charge >= 0.3 is 6.03 Å². The van der Waals surface area contributed by atoms with E-state index in [1.54, 1.807) is 6.08 Å². The van der Waals surface area contributed by atoms with Gasteiger partial charge in [-0.25, -0.2) is 4.79 Å². The summed E-state index contributed by atoms with van der Waals surface area (Å²) in [5.74, 6) is 0.447. The Hall–Kier alpha value is -3.13. The molecule has 1 fully saturated rings. The van der Waals surface area contributed by atoms with Gasteiger partial charge in [-0.05, 0) is 71.3 Å². The molecule has 1 heterocycles. The minimum Gasteiger partial charge on any atom is -0.488 e. The molecule has 0 spiro atoms. The molecule has 0 bridgehead atoms. The quantitative estimate of drug-likeness (QED) is 0.253. The highest BCUT2D eigenvalue weighted by Crippen LogP contribution is 2.25. The molecule has 3 aromatic carbocycles. The number of hydrogen-bond donors (Lipinski definition) is 1. The van der Waals surface area contributed by atoms with Crippen LogP contribution in [-0.2, 0) is 17.9 Å². The van der Waals surface area contributed by atoms with Crippen molar-refractivity contribution in [2.24, 2.45) is 0 Å². The topological polar surface area (TPSA) is 58.6 Å². The summed E-state index contributed by atoms with van der Waals surface area (Å²) in [5, 5.41) is 2.69. The summed E-state index contributed by atoms with van der Waals surface area (Å²) in [4.78, 5) is 26.4. The normalized spacial score (nSPS) is 14.7. The largest absolute Gasteiger partial charge is 0.488 e. The van der Waals surface area contributed by atoms with Crippen molar-refractivity contribution in [3.8, 4) is 5.75 Å². The average Bonchev–Trinajstić information content (AvgIpc) is 3.02.